The minimum atomic E-state index is -4.49. The minimum absolute atomic E-state index is 0.0447. The number of rotatable bonds is 9. The van der Waals surface area contributed by atoms with Crippen molar-refractivity contribution in [3.05, 3.63) is 47.3 Å². The number of aromatic nitrogens is 2. The van der Waals surface area contributed by atoms with Crippen LogP contribution in [0.2, 0.25) is 0 Å². The molecule has 182 valence electrons. The Balaban J connectivity index is 1.74. The first-order valence-electron chi connectivity index (χ1n) is 10.9. The number of nitrogens with two attached hydrogens (primary N) is 1. The highest BCUT2D eigenvalue weighted by molar-refractivity contribution is 5.92. The van der Waals surface area contributed by atoms with E-state index in [1.54, 1.807) is 33.3 Å². The average Bonchev–Trinajstić information content (AvgIpc) is 3.63. The van der Waals surface area contributed by atoms with Gasteiger partial charge in [0.15, 0.2) is 11.5 Å². The molecule has 10 heteroatoms. The van der Waals surface area contributed by atoms with Crippen molar-refractivity contribution in [2.24, 2.45) is 0 Å². The van der Waals surface area contributed by atoms with Crippen LogP contribution in [0.25, 0.3) is 10.9 Å². The second-order valence-corrected chi connectivity index (χ2v) is 8.32. The number of anilines is 2. The molecule has 0 saturated heterocycles. The Hall–Kier alpha value is -3.27. The van der Waals surface area contributed by atoms with Gasteiger partial charge >= 0.3 is 6.18 Å². The molecule has 0 radical (unpaired) electrons. The third-order valence-electron chi connectivity index (χ3n) is 5.64. The maximum atomic E-state index is 13.3. The van der Waals surface area contributed by atoms with E-state index in [9.17, 15) is 13.2 Å². The van der Waals surface area contributed by atoms with Crippen molar-refractivity contribution in [3.63, 3.8) is 0 Å². The standard InChI is InChI=1S/C24H27F3N4O3/c1-13(15-8-16(24(25,26)27)10-17(28)9-15)29-23-18-11-21(34-7-6-32-2)20(33-3)12-19(18)30-22(31-23)14-4-5-14/h8-14H,4-7,28H2,1-3H3,(H,29,30,31)/t13-/m1/s1. The van der Waals surface area contributed by atoms with E-state index < -0.39 is 17.8 Å². The Morgan fingerprint density at radius 2 is 1.82 bits per heavy atom. The van der Waals surface area contributed by atoms with Gasteiger partial charge < -0.3 is 25.3 Å². The lowest BCUT2D eigenvalue weighted by Gasteiger charge is -2.20. The smallest absolute Gasteiger partial charge is 0.416 e. The van der Waals surface area contributed by atoms with Crippen LogP contribution in [0, 0.1) is 0 Å². The fourth-order valence-electron chi connectivity index (χ4n) is 3.67. The van der Waals surface area contributed by atoms with Crippen LogP contribution in [0.5, 0.6) is 11.5 Å². The summed E-state index contributed by atoms with van der Waals surface area (Å²) >= 11 is 0. The number of nitrogen functional groups attached to an aromatic ring is 1. The van der Waals surface area contributed by atoms with Crippen molar-refractivity contribution in [1.82, 2.24) is 9.97 Å². The highest BCUT2D eigenvalue weighted by Gasteiger charge is 2.32. The normalized spacial score (nSPS) is 14.8. The topological polar surface area (TPSA) is 91.5 Å². The van der Waals surface area contributed by atoms with Gasteiger partial charge in [-0.1, -0.05) is 0 Å². The molecule has 3 N–H and O–H groups in total. The zero-order valence-corrected chi connectivity index (χ0v) is 19.2. The Labute approximate surface area is 195 Å². The molecule has 0 spiro atoms. The van der Waals surface area contributed by atoms with Gasteiger partial charge in [0.2, 0.25) is 0 Å². The van der Waals surface area contributed by atoms with Gasteiger partial charge in [0.05, 0.1) is 30.8 Å². The summed E-state index contributed by atoms with van der Waals surface area (Å²) in [5.74, 6) is 2.49. The summed E-state index contributed by atoms with van der Waals surface area (Å²) in [5, 5.41) is 3.94. The van der Waals surface area contributed by atoms with E-state index in [1.807, 2.05) is 0 Å². The Kier molecular flexibility index (Phi) is 6.70. The van der Waals surface area contributed by atoms with Crippen molar-refractivity contribution in [2.75, 3.05) is 38.5 Å². The number of hydrogen-bond donors (Lipinski definition) is 2. The molecule has 7 nitrogen and oxygen atoms in total. The molecule has 0 bridgehead atoms. The lowest BCUT2D eigenvalue weighted by molar-refractivity contribution is -0.137. The van der Waals surface area contributed by atoms with Crippen LogP contribution in [0.4, 0.5) is 24.7 Å². The van der Waals surface area contributed by atoms with Crippen LogP contribution >= 0.6 is 0 Å². The maximum absolute atomic E-state index is 13.3. The molecule has 1 fully saturated rings. The molecule has 1 saturated carbocycles. The fraction of sp³-hybridized carbons (Fsp3) is 0.417. The molecule has 1 aliphatic carbocycles. The summed E-state index contributed by atoms with van der Waals surface area (Å²) < 4.78 is 56.3. The number of nitrogens with zero attached hydrogens (tertiary/aromatic N) is 2. The largest absolute Gasteiger partial charge is 0.493 e. The molecule has 0 aliphatic heterocycles. The van der Waals surface area contributed by atoms with Crippen LogP contribution in [-0.4, -0.2) is 37.4 Å². The van der Waals surface area contributed by atoms with Gasteiger partial charge in [0.1, 0.15) is 18.2 Å². The summed E-state index contributed by atoms with van der Waals surface area (Å²) in [5.41, 5.74) is 6.08. The summed E-state index contributed by atoms with van der Waals surface area (Å²) in [6.45, 7) is 2.48. The Morgan fingerprint density at radius 3 is 2.47 bits per heavy atom. The van der Waals surface area contributed by atoms with E-state index in [4.69, 9.17) is 29.9 Å². The molecule has 3 aromatic rings. The van der Waals surface area contributed by atoms with E-state index >= 15 is 0 Å². The molecule has 0 unspecified atom stereocenters. The summed E-state index contributed by atoms with van der Waals surface area (Å²) in [6, 6.07) is 6.60. The van der Waals surface area contributed by atoms with Crippen LogP contribution < -0.4 is 20.5 Å². The maximum Gasteiger partial charge on any atom is 0.416 e. The summed E-state index contributed by atoms with van der Waals surface area (Å²) in [7, 11) is 3.13. The second kappa shape index (κ2) is 9.54. The summed E-state index contributed by atoms with van der Waals surface area (Å²) in [4.78, 5) is 9.42. The number of alkyl halides is 3. The number of benzene rings is 2. The van der Waals surface area contributed by atoms with Gasteiger partial charge in [-0.25, -0.2) is 9.97 Å². The Morgan fingerprint density at radius 1 is 1.06 bits per heavy atom. The first kappa shape index (κ1) is 23.9. The number of halogens is 3. The molecule has 2 aromatic carbocycles. The molecule has 34 heavy (non-hydrogen) atoms. The third kappa shape index (κ3) is 5.27. The minimum Gasteiger partial charge on any atom is -0.493 e. The second-order valence-electron chi connectivity index (χ2n) is 8.32. The van der Waals surface area contributed by atoms with Gasteiger partial charge in [0.25, 0.3) is 0 Å². The van der Waals surface area contributed by atoms with Gasteiger partial charge in [-0.2, -0.15) is 13.2 Å². The first-order valence-corrected chi connectivity index (χ1v) is 10.9. The number of methoxy groups -OCH3 is 2. The van der Waals surface area contributed by atoms with Gasteiger partial charge in [-0.3, -0.25) is 0 Å². The molecule has 0 amide bonds. The van der Waals surface area contributed by atoms with Gasteiger partial charge in [0, 0.05) is 30.2 Å². The van der Waals surface area contributed by atoms with Crippen molar-refractivity contribution in [3.8, 4) is 11.5 Å². The lowest BCUT2D eigenvalue weighted by Crippen LogP contribution is -2.13. The van der Waals surface area contributed by atoms with E-state index in [0.717, 1.165) is 25.0 Å². The highest BCUT2D eigenvalue weighted by atomic mass is 19.4. The Bertz CT molecular complexity index is 1180. The van der Waals surface area contributed by atoms with Crippen LogP contribution in [0.1, 0.15) is 48.7 Å². The predicted octanol–water partition coefficient (Wildman–Crippen LogP) is 5.32. The fourth-order valence-corrected chi connectivity index (χ4v) is 3.67. The molecule has 1 heterocycles. The lowest BCUT2D eigenvalue weighted by atomic mass is 10.0. The quantitative estimate of drug-likeness (QED) is 0.319. The van der Waals surface area contributed by atoms with E-state index in [2.05, 4.69) is 5.32 Å². The van der Waals surface area contributed by atoms with E-state index in [1.165, 1.54) is 6.07 Å². The van der Waals surface area contributed by atoms with Crippen LogP contribution in [-0.2, 0) is 10.9 Å². The predicted molar refractivity (Wildman–Crippen MR) is 123 cm³/mol. The summed E-state index contributed by atoms with van der Waals surface area (Å²) in [6.07, 6.45) is -2.49. The molecule has 4 rings (SSSR count). The van der Waals surface area contributed by atoms with Crippen molar-refractivity contribution in [1.29, 1.82) is 0 Å². The monoisotopic (exact) mass is 476 g/mol. The molecule has 1 aliphatic rings. The van der Waals surface area contributed by atoms with E-state index in [0.29, 0.717) is 52.8 Å². The number of hydrogen-bond acceptors (Lipinski definition) is 7. The average molecular weight is 476 g/mol. The van der Waals surface area contributed by atoms with Gasteiger partial charge in [-0.15, -0.1) is 0 Å². The number of fused-ring (bicyclic) bond motifs is 1. The third-order valence-corrected chi connectivity index (χ3v) is 5.64. The zero-order chi connectivity index (χ0) is 24.5. The van der Waals surface area contributed by atoms with Crippen molar-refractivity contribution >= 4 is 22.4 Å². The molecular weight excluding hydrogens is 449 g/mol. The zero-order valence-electron chi connectivity index (χ0n) is 19.2. The van der Waals surface area contributed by atoms with E-state index in [-0.39, 0.29) is 11.6 Å². The molecule has 1 atom stereocenters. The first-order chi connectivity index (χ1) is 16.2. The van der Waals surface area contributed by atoms with Crippen molar-refractivity contribution < 1.29 is 27.4 Å². The number of ether oxygens (including phenoxy) is 3. The molecule has 1 aromatic heterocycles. The highest BCUT2D eigenvalue weighted by Crippen LogP contribution is 2.42. The number of nitrogens with one attached hydrogen (secondary N) is 1. The molecular formula is C24H27F3N4O3. The van der Waals surface area contributed by atoms with Crippen LogP contribution in [0.15, 0.2) is 30.3 Å². The van der Waals surface area contributed by atoms with Crippen molar-refractivity contribution in [2.45, 2.75) is 37.9 Å². The SMILES string of the molecule is COCCOc1cc2c(N[C@H](C)c3cc(N)cc(C(F)(F)F)c3)nc(C3CC3)nc2cc1OC. The van der Waals surface area contributed by atoms with Gasteiger partial charge in [-0.05, 0) is 49.6 Å². The van der Waals surface area contributed by atoms with Crippen LogP contribution in [0.3, 0.4) is 0 Å².